The van der Waals surface area contributed by atoms with Crippen LogP contribution >= 0.6 is 0 Å². The van der Waals surface area contributed by atoms with Crippen LogP contribution in [0.3, 0.4) is 0 Å². The minimum absolute atomic E-state index is 0.135. The number of unbranched alkanes of at least 4 members (excludes halogenated alkanes) is 2. The number of carboxylic acid groups (broad SMARTS) is 2. The monoisotopic (exact) mass is 300 g/mol. The number of ether oxygens (including phenoxy) is 2. The molecule has 0 atom stereocenters. The Kier molecular flexibility index (Phi) is 9.80. The maximum absolute atomic E-state index is 11.0. The van der Waals surface area contributed by atoms with E-state index in [9.17, 15) is 19.2 Å². The van der Waals surface area contributed by atoms with Gasteiger partial charge in [-0.2, -0.15) is 0 Å². The van der Waals surface area contributed by atoms with E-state index in [0.29, 0.717) is 31.4 Å². The summed E-state index contributed by atoms with van der Waals surface area (Å²) >= 11 is 0. The quantitative estimate of drug-likeness (QED) is 0.339. The molecule has 0 spiro atoms. The van der Waals surface area contributed by atoms with Gasteiger partial charge in [0.2, 0.25) is 0 Å². The highest BCUT2D eigenvalue weighted by Crippen LogP contribution is 1.98. The molecule has 0 saturated carbocycles. The average Bonchev–Trinajstić information content (AvgIpc) is 2.41. The van der Waals surface area contributed by atoms with Crippen LogP contribution in [-0.2, 0) is 28.7 Å². The van der Waals surface area contributed by atoms with E-state index in [1.54, 1.807) is 0 Å². The van der Waals surface area contributed by atoms with Gasteiger partial charge in [-0.05, 0) is 19.3 Å². The Hall–Kier alpha value is -2.64. The van der Waals surface area contributed by atoms with Gasteiger partial charge in [-0.15, -0.1) is 0 Å². The first-order chi connectivity index (χ1) is 9.91. The third-order valence-electron chi connectivity index (χ3n) is 2.00. The highest BCUT2D eigenvalue weighted by Gasteiger charge is 2.00. The highest BCUT2D eigenvalue weighted by molar-refractivity contribution is 5.91. The fraction of sp³-hybridized carbons (Fsp3) is 0.385. The third-order valence-corrected chi connectivity index (χ3v) is 2.00. The first kappa shape index (κ1) is 18.4. The Balaban J connectivity index is 3.52. The molecular formula is C13H16O8. The average molecular weight is 300 g/mol. The fourth-order valence-electron chi connectivity index (χ4n) is 1.10. The molecule has 0 fully saturated rings. The Labute approximate surface area is 120 Å². The van der Waals surface area contributed by atoms with Gasteiger partial charge in [0.05, 0.1) is 13.2 Å². The van der Waals surface area contributed by atoms with Gasteiger partial charge >= 0.3 is 23.9 Å². The van der Waals surface area contributed by atoms with Crippen LogP contribution in [-0.4, -0.2) is 47.3 Å². The van der Waals surface area contributed by atoms with Gasteiger partial charge in [-0.25, -0.2) is 19.2 Å². The molecule has 0 aromatic carbocycles. The molecule has 0 aromatic rings. The number of aliphatic carboxylic acids is 2. The number of hydrogen-bond donors (Lipinski definition) is 2. The first-order valence-corrected chi connectivity index (χ1v) is 6.07. The van der Waals surface area contributed by atoms with Crippen LogP contribution in [0.1, 0.15) is 19.3 Å². The van der Waals surface area contributed by atoms with Gasteiger partial charge in [-0.1, -0.05) is 0 Å². The summed E-state index contributed by atoms with van der Waals surface area (Å²) in [6.45, 7) is 0.269. The molecule has 0 amide bonds. The Morgan fingerprint density at radius 2 is 1.05 bits per heavy atom. The molecule has 21 heavy (non-hydrogen) atoms. The van der Waals surface area contributed by atoms with Crippen LogP contribution in [0, 0.1) is 0 Å². The second kappa shape index (κ2) is 11.2. The molecule has 0 unspecified atom stereocenters. The maximum atomic E-state index is 11.0. The summed E-state index contributed by atoms with van der Waals surface area (Å²) in [7, 11) is 0. The number of carbonyl (C=O) groups is 4. The minimum atomic E-state index is -1.23. The van der Waals surface area contributed by atoms with Crippen LogP contribution in [0.5, 0.6) is 0 Å². The zero-order valence-electron chi connectivity index (χ0n) is 11.2. The van der Waals surface area contributed by atoms with E-state index in [-0.39, 0.29) is 13.2 Å². The smallest absolute Gasteiger partial charge is 0.331 e. The Bertz CT molecular complexity index is 395. The standard InChI is InChI=1S/C13H16O8/c14-10(15)4-6-12(18)20-8-2-1-3-9-21-13(19)7-5-11(16)17/h4-7H,1-3,8-9H2,(H,14,15)(H,16,17)/b6-4-,7-5-. The topological polar surface area (TPSA) is 127 Å². The Morgan fingerprint density at radius 3 is 1.38 bits per heavy atom. The zero-order chi connectivity index (χ0) is 16.1. The summed E-state index contributed by atoms with van der Waals surface area (Å²) in [6.07, 6.45) is 4.72. The third kappa shape index (κ3) is 13.6. The van der Waals surface area contributed by atoms with Crippen molar-refractivity contribution >= 4 is 23.9 Å². The van der Waals surface area contributed by atoms with E-state index in [2.05, 4.69) is 0 Å². The van der Waals surface area contributed by atoms with E-state index in [4.69, 9.17) is 19.7 Å². The number of rotatable bonds is 10. The van der Waals surface area contributed by atoms with Gasteiger partial charge < -0.3 is 19.7 Å². The molecule has 0 bridgehead atoms. The molecule has 0 aliphatic rings. The fourth-order valence-corrected chi connectivity index (χ4v) is 1.10. The maximum Gasteiger partial charge on any atom is 0.331 e. The summed E-state index contributed by atoms with van der Waals surface area (Å²) in [4.78, 5) is 42.1. The predicted octanol–water partition coefficient (Wildman–Crippen LogP) is 0.525. The molecule has 0 saturated heterocycles. The van der Waals surface area contributed by atoms with E-state index in [0.717, 1.165) is 12.2 Å². The second-order valence-electron chi connectivity index (χ2n) is 3.74. The van der Waals surface area contributed by atoms with Crippen molar-refractivity contribution in [1.29, 1.82) is 0 Å². The van der Waals surface area contributed by atoms with E-state index < -0.39 is 23.9 Å². The highest BCUT2D eigenvalue weighted by atomic mass is 16.5. The molecule has 0 radical (unpaired) electrons. The van der Waals surface area contributed by atoms with Crippen molar-refractivity contribution in [2.45, 2.75) is 19.3 Å². The summed E-state index contributed by atoms with van der Waals surface area (Å²) in [6, 6.07) is 0. The van der Waals surface area contributed by atoms with Crippen LogP contribution in [0.2, 0.25) is 0 Å². The van der Waals surface area contributed by atoms with Gasteiger partial charge in [0.25, 0.3) is 0 Å². The van der Waals surface area contributed by atoms with Crippen LogP contribution in [0.25, 0.3) is 0 Å². The van der Waals surface area contributed by atoms with Crippen LogP contribution in [0.15, 0.2) is 24.3 Å². The summed E-state index contributed by atoms with van der Waals surface area (Å²) in [5.41, 5.74) is 0. The van der Waals surface area contributed by atoms with Gasteiger partial charge in [0.1, 0.15) is 0 Å². The van der Waals surface area contributed by atoms with Crippen LogP contribution < -0.4 is 0 Å². The lowest BCUT2D eigenvalue weighted by molar-refractivity contribution is -0.139. The number of hydrogen-bond acceptors (Lipinski definition) is 6. The predicted molar refractivity (Wildman–Crippen MR) is 69.3 cm³/mol. The SMILES string of the molecule is O=C(O)/C=C\C(=O)OCCCCCOC(=O)/C=C\C(=O)O. The van der Waals surface area contributed by atoms with Gasteiger partial charge in [-0.3, -0.25) is 0 Å². The molecule has 0 aliphatic carbocycles. The van der Waals surface area contributed by atoms with Crippen molar-refractivity contribution in [3.05, 3.63) is 24.3 Å². The Morgan fingerprint density at radius 1 is 0.667 bits per heavy atom. The molecule has 116 valence electrons. The van der Waals surface area contributed by atoms with E-state index in [1.165, 1.54) is 0 Å². The molecule has 8 nitrogen and oxygen atoms in total. The largest absolute Gasteiger partial charge is 0.478 e. The van der Waals surface area contributed by atoms with Crippen LogP contribution in [0.4, 0.5) is 0 Å². The molecule has 0 rings (SSSR count). The summed E-state index contributed by atoms with van der Waals surface area (Å²) in [5.74, 6) is -3.93. The number of carboxylic acids is 2. The van der Waals surface area contributed by atoms with E-state index >= 15 is 0 Å². The molecule has 0 heterocycles. The normalized spacial score (nSPS) is 10.7. The molecule has 0 aliphatic heterocycles. The first-order valence-electron chi connectivity index (χ1n) is 6.07. The van der Waals surface area contributed by atoms with Crippen molar-refractivity contribution in [1.82, 2.24) is 0 Å². The van der Waals surface area contributed by atoms with E-state index in [1.807, 2.05) is 0 Å². The van der Waals surface area contributed by atoms with Gasteiger partial charge in [0, 0.05) is 24.3 Å². The van der Waals surface area contributed by atoms with Crippen molar-refractivity contribution in [3.8, 4) is 0 Å². The molecule has 0 aromatic heterocycles. The molecular weight excluding hydrogens is 284 g/mol. The molecule has 8 heteroatoms. The number of carbonyl (C=O) groups excluding carboxylic acids is 2. The lowest BCUT2D eigenvalue weighted by Crippen LogP contribution is -2.05. The van der Waals surface area contributed by atoms with Crippen molar-refractivity contribution < 1.29 is 38.9 Å². The van der Waals surface area contributed by atoms with Crippen molar-refractivity contribution in [2.75, 3.05) is 13.2 Å². The minimum Gasteiger partial charge on any atom is -0.478 e. The zero-order valence-corrected chi connectivity index (χ0v) is 11.2. The van der Waals surface area contributed by atoms with Crippen molar-refractivity contribution in [3.63, 3.8) is 0 Å². The summed E-state index contributed by atoms with van der Waals surface area (Å²) < 4.78 is 9.42. The lowest BCUT2D eigenvalue weighted by Gasteiger charge is -2.03. The summed E-state index contributed by atoms with van der Waals surface area (Å²) in [5, 5.41) is 16.5. The van der Waals surface area contributed by atoms with Gasteiger partial charge in [0.15, 0.2) is 0 Å². The number of esters is 2. The lowest BCUT2D eigenvalue weighted by atomic mass is 10.2. The van der Waals surface area contributed by atoms with Crippen molar-refractivity contribution in [2.24, 2.45) is 0 Å². The molecule has 2 N–H and O–H groups in total. The second-order valence-corrected chi connectivity index (χ2v) is 3.74.